The Morgan fingerprint density at radius 2 is 1.95 bits per heavy atom. The molecule has 2 unspecified atom stereocenters. The zero-order chi connectivity index (χ0) is 15.8. The van der Waals surface area contributed by atoms with Gasteiger partial charge in [0.1, 0.15) is 0 Å². The van der Waals surface area contributed by atoms with E-state index in [1.807, 2.05) is 6.92 Å². The molecule has 2 aliphatic rings. The predicted molar refractivity (Wildman–Crippen MR) is 86.7 cm³/mol. The van der Waals surface area contributed by atoms with Crippen LogP contribution in [0.4, 0.5) is 0 Å². The van der Waals surface area contributed by atoms with E-state index in [0.717, 1.165) is 64.8 Å². The second kappa shape index (κ2) is 9.48. The third kappa shape index (κ3) is 5.21. The smallest absolute Gasteiger partial charge is 0.223 e. The average molecular weight is 312 g/mol. The molecule has 0 radical (unpaired) electrons. The summed E-state index contributed by atoms with van der Waals surface area (Å²) in [6.07, 6.45) is 6.96. The number of nitrogens with zero attached hydrogens (tertiary/aromatic N) is 1. The summed E-state index contributed by atoms with van der Waals surface area (Å²) in [7, 11) is 0. The van der Waals surface area contributed by atoms with Crippen LogP contribution in [0.1, 0.15) is 51.9 Å². The molecule has 1 aliphatic carbocycles. The molecule has 2 N–H and O–H groups in total. The number of likely N-dealkylation sites (tertiary alicyclic amines) is 1. The van der Waals surface area contributed by atoms with Gasteiger partial charge in [0.15, 0.2) is 0 Å². The van der Waals surface area contributed by atoms with Crippen LogP contribution in [0.15, 0.2) is 0 Å². The largest absolute Gasteiger partial charge is 0.391 e. The fraction of sp³-hybridized carbons (Fsp3) is 0.941. The normalized spacial score (nSPS) is 27.7. The van der Waals surface area contributed by atoms with E-state index in [4.69, 9.17) is 4.74 Å². The van der Waals surface area contributed by atoms with E-state index < -0.39 is 0 Å². The van der Waals surface area contributed by atoms with E-state index in [2.05, 4.69) is 10.2 Å². The van der Waals surface area contributed by atoms with Crippen molar-refractivity contribution in [2.45, 2.75) is 64.0 Å². The summed E-state index contributed by atoms with van der Waals surface area (Å²) >= 11 is 0. The fourth-order valence-corrected chi connectivity index (χ4v) is 3.69. The zero-order valence-electron chi connectivity index (χ0n) is 13.9. The summed E-state index contributed by atoms with van der Waals surface area (Å²) in [5.74, 6) is 0.337. The number of rotatable bonds is 7. The topological polar surface area (TPSA) is 61.8 Å². The van der Waals surface area contributed by atoms with Gasteiger partial charge < -0.3 is 15.2 Å². The van der Waals surface area contributed by atoms with Gasteiger partial charge in [-0.25, -0.2) is 0 Å². The molecule has 0 bridgehead atoms. The molecule has 1 saturated heterocycles. The van der Waals surface area contributed by atoms with Crippen molar-refractivity contribution in [2.24, 2.45) is 5.92 Å². The number of carbonyl (C=O) groups excluding carboxylic acids is 1. The lowest BCUT2D eigenvalue weighted by atomic mass is 9.88. The van der Waals surface area contributed by atoms with Crippen LogP contribution >= 0.6 is 0 Å². The van der Waals surface area contributed by atoms with Gasteiger partial charge >= 0.3 is 0 Å². The van der Waals surface area contributed by atoms with Gasteiger partial charge in [-0.05, 0) is 52.1 Å². The molecule has 22 heavy (non-hydrogen) atoms. The van der Waals surface area contributed by atoms with Crippen molar-refractivity contribution in [3.8, 4) is 0 Å². The Balaban J connectivity index is 1.64. The van der Waals surface area contributed by atoms with Crippen LogP contribution in [0, 0.1) is 5.92 Å². The summed E-state index contributed by atoms with van der Waals surface area (Å²) in [5.41, 5.74) is 0. The van der Waals surface area contributed by atoms with Crippen molar-refractivity contribution in [1.82, 2.24) is 10.2 Å². The van der Waals surface area contributed by atoms with E-state index >= 15 is 0 Å². The minimum Gasteiger partial charge on any atom is -0.391 e. The Labute approximate surface area is 134 Å². The molecule has 0 aromatic rings. The second-order valence-corrected chi connectivity index (χ2v) is 6.57. The van der Waals surface area contributed by atoms with Crippen molar-refractivity contribution in [3.05, 3.63) is 0 Å². The Bertz CT molecular complexity index is 330. The van der Waals surface area contributed by atoms with Crippen molar-refractivity contribution in [2.75, 3.05) is 32.8 Å². The van der Waals surface area contributed by atoms with Crippen LogP contribution in [0.5, 0.6) is 0 Å². The molecule has 0 aromatic carbocycles. The van der Waals surface area contributed by atoms with Gasteiger partial charge in [-0.1, -0.05) is 12.8 Å². The highest BCUT2D eigenvalue weighted by Crippen LogP contribution is 2.27. The Morgan fingerprint density at radius 3 is 2.64 bits per heavy atom. The molecule has 5 heteroatoms. The molecule has 0 spiro atoms. The van der Waals surface area contributed by atoms with E-state index in [9.17, 15) is 9.90 Å². The van der Waals surface area contributed by atoms with Crippen LogP contribution in [0.25, 0.3) is 0 Å². The first kappa shape index (κ1) is 17.7. The third-order valence-electron chi connectivity index (χ3n) is 5.03. The van der Waals surface area contributed by atoms with Crippen LogP contribution in [0.2, 0.25) is 0 Å². The maximum Gasteiger partial charge on any atom is 0.223 e. The van der Waals surface area contributed by atoms with Gasteiger partial charge in [-0.3, -0.25) is 9.69 Å². The average Bonchev–Trinajstić information content (AvgIpc) is 2.55. The number of amides is 1. The predicted octanol–water partition coefficient (Wildman–Crippen LogP) is 1.54. The lowest BCUT2D eigenvalue weighted by molar-refractivity contribution is -0.127. The van der Waals surface area contributed by atoms with Gasteiger partial charge in [0.05, 0.1) is 6.10 Å². The molecule has 1 amide bonds. The van der Waals surface area contributed by atoms with Gasteiger partial charge in [0.2, 0.25) is 5.91 Å². The lowest BCUT2D eigenvalue weighted by Crippen LogP contribution is -2.50. The molecule has 2 atom stereocenters. The number of piperidine rings is 1. The summed E-state index contributed by atoms with van der Waals surface area (Å²) < 4.78 is 5.27. The van der Waals surface area contributed by atoms with Crippen LogP contribution in [0.3, 0.4) is 0 Å². The third-order valence-corrected chi connectivity index (χ3v) is 5.03. The SMILES string of the molecule is CCOCCCNC(=O)C1CCN(C2CCCCC2O)CC1. The van der Waals surface area contributed by atoms with Gasteiger partial charge in [0.25, 0.3) is 0 Å². The quantitative estimate of drug-likeness (QED) is 0.700. The zero-order valence-corrected chi connectivity index (χ0v) is 13.9. The van der Waals surface area contributed by atoms with Crippen LogP contribution in [-0.4, -0.2) is 60.9 Å². The Morgan fingerprint density at radius 1 is 1.23 bits per heavy atom. The number of hydrogen-bond acceptors (Lipinski definition) is 4. The van der Waals surface area contributed by atoms with Crippen molar-refractivity contribution >= 4 is 5.91 Å². The maximum absolute atomic E-state index is 12.2. The minimum absolute atomic E-state index is 0.143. The Kier molecular flexibility index (Phi) is 7.63. The number of ether oxygens (including phenoxy) is 1. The summed E-state index contributed by atoms with van der Waals surface area (Å²) in [4.78, 5) is 14.6. The minimum atomic E-state index is -0.169. The van der Waals surface area contributed by atoms with Crippen LogP contribution in [-0.2, 0) is 9.53 Å². The standard InChI is InChI=1S/C17H32N2O3/c1-2-22-13-5-10-18-17(21)14-8-11-19(12-9-14)15-6-3-4-7-16(15)20/h14-16,20H,2-13H2,1H3,(H,18,21). The molecule has 128 valence electrons. The number of hydrogen-bond donors (Lipinski definition) is 2. The first-order valence-electron chi connectivity index (χ1n) is 9.00. The molecular formula is C17H32N2O3. The molecule has 1 saturated carbocycles. The van der Waals surface area contributed by atoms with Gasteiger partial charge in [0, 0.05) is 31.7 Å². The van der Waals surface area contributed by atoms with E-state index in [0.29, 0.717) is 12.6 Å². The van der Waals surface area contributed by atoms with Gasteiger partial charge in [-0.2, -0.15) is 0 Å². The van der Waals surface area contributed by atoms with Gasteiger partial charge in [-0.15, -0.1) is 0 Å². The van der Waals surface area contributed by atoms with E-state index in [1.54, 1.807) is 0 Å². The van der Waals surface area contributed by atoms with E-state index in [-0.39, 0.29) is 17.9 Å². The maximum atomic E-state index is 12.2. The fourth-order valence-electron chi connectivity index (χ4n) is 3.69. The molecule has 2 fully saturated rings. The molecule has 1 heterocycles. The highest BCUT2D eigenvalue weighted by atomic mass is 16.5. The number of aliphatic hydroxyl groups excluding tert-OH is 1. The van der Waals surface area contributed by atoms with Crippen molar-refractivity contribution < 1.29 is 14.6 Å². The summed E-state index contributed by atoms with van der Waals surface area (Å²) in [6, 6.07) is 0.323. The molecule has 1 aliphatic heterocycles. The highest BCUT2D eigenvalue weighted by molar-refractivity contribution is 5.78. The number of aliphatic hydroxyl groups is 1. The first-order valence-corrected chi connectivity index (χ1v) is 9.00. The Hall–Kier alpha value is -0.650. The first-order chi connectivity index (χ1) is 10.7. The van der Waals surface area contributed by atoms with E-state index in [1.165, 1.54) is 6.42 Å². The van der Waals surface area contributed by atoms with Crippen LogP contribution < -0.4 is 5.32 Å². The van der Waals surface area contributed by atoms with Crippen molar-refractivity contribution in [1.29, 1.82) is 0 Å². The second-order valence-electron chi connectivity index (χ2n) is 6.57. The molecule has 5 nitrogen and oxygen atoms in total. The number of carbonyl (C=O) groups is 1. The summed E-state index contributed by atoms with van der Waals surface area (Å²) in [5, 5.41) is 13.2. The molecule has 0 aromatic heterocycles. The van der Waals surface area contributed by atoms with Crippen molar-refractivity contribution in [3.63, 3.8) is 0 Å². The molecule has 2 rings (SSSR count). The monoisotopic (exact) mass is 312 g/mol. The highest BCUT2D eigenvalue weighted by Gasteiger charge is 2.33. The lowest BCUT2D eigenvalue weighted by Gasteiger charge is -2.41. The molecular weight excluding hydrogens is 280 g/mol. The number of nitrogens with one attached hydrogen (secondary N) is 1. The summed E-state index contributed by atoms with van der Waals surface area (Å²) in [6.45, 7) is 6.03.